The van der Waals surface area contributed by atoms with Crippen LogP contribution >= 0.6 is 27.7 Å². The van der Waals surface area contributed by atoms with E-state index in [4.69, 9.17) is 5.73 Å². The zero-order valence-corrected chi connectivity index (χ0v) is 12.0. The zero-order valence-electron chi connectivity index (χ0n) is 9.56. The molecule has 0 amide bonds. The SMILES string of the molecule is CC(Sc1ccc(Br)cc1)c1cccc(N)c1. The van der Waals surface area contributed by atoms with E-state index in [-0.39, 0.29) is 0 Å². The van der Waals surface area contributed by atoms with E-state index in [0.29, 0.717) is 5.25 Å². The molecule has 0 saturated heterocycles. The number of hydrogen-bond donors (Lipinski definition) is 1. The zero-order chi connectivity index (χ0) is 12.3. The molecule has 0 aliphatic carbocycles. The second kappa shape index (κ2) is 5.61. The second-order valence-corrected chi connectivity index (χ2v) is 6.21. The van der Waals surface area contributed by atoms with E-state index in [1.165, 1.54) is 10.5 Å². The summed E-state index contributed by atoms with van der Waals surface area (Å²) in [6, 6.07) is 16.4. The highest BCUT2D eigenvalue weighted by atomic mass is 79.9. The predicted molar refractivity (Wildman–Crippen MR) is 79.3 cm³/mol. The lowest BCUT2D eigenvalue weighted by atomic mass is 10.1. The van der Waals surface area contributed by atoms with Gasteiger partial charge >= 0.3 is 0 Å². The van der Waals surface area contributed by atoms with Crippen LogP contribution in [-0.4, -0.2) is 0 Å². The highest BCUT2D eigenvalue weighted by molar-refractivity contribution is 9.10. The highest BCUT2D eigenvalue weighted by Crippen LogP contribution is 2.35. The van der Waals surface area contributed by atoms with Crippen molar-refractivity contribution < 1.29 is 0 Å². The summed E-state index contributed by atoms with van der Waals surface area (Å²) in [6.45, 7) is 2.20. The Kier molecular flexibility index (Phi) is 4.13. The summed E-state index contributed by atoms with van der Waals surface area (Å²) < 4.78 is 1.11. The number of nitrogens with two attached hydrogens (primary N) is 1. The molecule has 1 atom stereocenters. The molecule has 0 aliphatic rings. The highest BCUT2D eigenvalue weighted by Gasteiger charge is 2.07. The summed E-state index contributed by atoms with van der Waals surface area (Å²) >= 11 is 5.28. The number of nitrogen functional groups attached to an aromatic ring is 1. The molecule has 0 heterocycles. The van der Waals surface area contributed by atoms with Crippen LogP contribution < -0.4 is 5.73 Å². The van der Waals surface area contributed by atoms with Gasteiger partial charge in [-0.2, -0.15) is 0 Å². The number of benzene rings is 2. The molecule has 17 heavy (non-hydrogen) atoms. The fraction of sp³-hybridized carbons (Fsp3) is 0.143. The summed E-state index contributed by atoms with van der Waals surface area (Å²) in [5, 5.41) is 0.402. The Labute approximate surface area is 115 Å². The second-order valence-electron chi connectivity index (χ2n) is 3.88. The summed E-state index contributed by atoms with van der Waals surface area (Å²) in [7, 11) is 0. The van der Waals surface area contributed by atoms with Gasteiger partial charge in [0.15, 0.2) is 0 Å². The summed E-state index contributed by atoms with van der Waals surface area (Å²) in [4.78, 5) is 1.27. The van der Waals surface area contributed by atoms with Crippen LogP contribution in [0.3, 0.4) is 0 Å². The topological polar surface area (TPSA) is 26.0 Å². The van der Waals surface area contributed by atoms with Gasteiger partial charge in [0.2, 0.25) is 0 Å². The number of hydrogen-bond acceptors (Lipinski definition) is 2. The molecule has 1 unspecified atom stereocenters. The van der Waals surface area contributed by atoms with E-state index in [2.05, 4.69) is 53.2 Å². The van der Waals surface area contributed by atoms with E-state index in [1.807, 2.05) is 30.0 Å². The normalized spacial score (nSPS) is 12.4. The minimum Gasteiger partial charge on any atom is -0.399 e. The smallest absolute Gasteiger partial charge is 0.0317 e. The third-order valence-corrected chi connectivity index (χ3v) is 4.21. The van der Waals surface area contributed by atoms with Gasteiger partial charge in [0.05, 0.1) is 0 Å². The monoisotopic (exact) mass is 307 g/mol. The van der Waals surface area contributed by atoms with Crippen LogP contribution in [0.2, 0.25) is 0 Å². The van der Waals surface area contributed by atoms with Crippen molar-refractivity contribution in [2.45, 2.75) is 17.1 Å². The Balaban J connectivity index is 2.11. The summed E-state index contributed by atoms with van der Waals surface area (Å²) in [6.07, 6.45) is 0. The summed E-state index contributed by atoms with van der Waals surface area (Å²) in [5.74, 6) is 0. The largest absolute Gasteiger partial charge is 0.399 e. The first-order chi connectivity index (χ1) is 8.15. The van der Waals surface area contributed by atoms with E-state index in [9.17, 15) is 0 Å². The first-order valence-corrected chi connectivity index (χ1v) is 7.10. The third kappa shape index (κ3) is 3.51. The minimum absolute atomic E-state index is 0.402. The van der Waals surface area contributed by atoms with Crippen LogP contribution in [0.4, 0.5) is 5.69 Å². The van der Waals surface area contributed by atoms with Gasteiger partial charge in [0.25, 0.3) is 0 Å². The Morgan fingerprint density at radius 1 is 1.12 bits per heavy atom. The fourth-order valence-corrected chi connectivity index (χ4v) is 2.85. The maximum atomic E-state index is 5.79. The van der Waals surface area contributed by atoms with Crippen molar-refractivity contribution in [3.05, 3.63) is 58.6 Å². The molecule has 0 aliphatic heterocycles. The first-order valence-electron chi connectivity index (χ1n) is 5.43. The fourth-order valence-electron chi connectivity index (χ4n) is 1.60. The molecule has 0 saturated carbocycles. The van der Waals surface area contributed by atoms with Crippen LogP contribution in [0.15, 0.2) is 57.9 Å². The molecule has 0 bridgehead atoms. The van der Waals surface area contributed by atoms with Gasteiger partial charge < -0.3 is 5.73 Å². The van der Waals surface area contributed by atoms with Gasteiger partial charge in [-0.3, -0.25) is 0 Å². The maximum Gasteiger partial charge on any atom is 0.0317 e. The average molecular weight is 308 g/mol. The molecule has 0 radical (unpaired) electrons. The van der Waals surface area contributed by atoms with Crippen molar-refractivity contribution in [2.24, 2.45) is 0 Å². The van der Waals surface area contributed by atoms with Crippen molar-refractivity contribution in [3.63, 3.8) is 0 Å². The van der Waals surface area contributed by atoms with E-state index < -0.39 is 0 Å². The number of anilines is 1. The summed E-state index contributed by atoms with van der Waals surface area (Å²) in [5.41, 5.74) is 7.88. The van der Waals surface area contributed by atoms with Crippen molar-refractivity contribution in [1.29, 1.82) is 0 Å². The quantitative estimate of drug-likeness (QED) is 0.645. The van der Waals surface area contributed by atoms with Gasteiger partial charge in [-0.05, 0) is 48.9 Å². The molecule has 0 spiro atoms. The molecule has 3 heteroatoms. The van der Waals surface area contributed by atoms with E-state index in [1.54, 1.807) is 0 Å². The van der Waals surface area contributed by atoms with Crippen LogP contribution in [0.25, 0.3) is 0 Å². The van der Waals surface area contributed by atoms with Crippen LogP contribution in [-0.2, 0) is 0 Å². The Bertz CT molecular complexity index is 496. The lowest BCUT2D eigenvalue weighted by Crippen LogP contribution is -1.91. The lowest BCUT2D eigenvalue weighted by Gasteiger charge is -2.12. The van der Waals surface area contributed by atoms with Crippen molar-refractivity contribution in [1.82, 2.24) is 0 Å². The van der Waals surface area contributed by atoms with Crippen molar-refractivity contribution in [3.8, 4) is 0 Å². The molecule has 2 aromatic carbocycles. The standard InChI is InChI=1S/C14H14BrNS/c1-10(11-3-2-4-13(16)9-11)17-14-7-5-12(15)6-8-14/h2-10H,16H2,1H3. The molecule has 0 fully saturated rings. The van der Waals surface area contributed by atoms with E-state index >= 15 is 0 Å². The molecular formula is C14H14BrNS. The van der Waals surface area contributed by atoms with Crippen molar-refractivity contribution >= 4 is 33.4 Å². The first kappa shape index (κ1) is 12.5. The number of halogens is 1. The molecular weight excluding hydrogens is 294 g/mol. The van der Waals surface area contributed by atoms with Gasteiger partial charge in [-0.15, -0.1) is 11.8 Å². The van der Waals surface area contributed by atoms with Crippen LogP contribution in [0.1, 0.15) is 17.7 Å². The Hall–Kier alpha value is -0.930. The van der Waals surface area contributed by atoms with Crippen LogP contribution in [0, 0.1) is 0 Å². The minimum atomic E-state index is 0.402. The van der Waals surface area contributed by atoms with Crippen LogP contribution in [0.5, 0.6) is 0 Å². The molecule has 2 rings (SSSR count). The van der Waals surface area contributed by atoms with Gasteiger partial charge in [-0.25, -0.2) is 0 Å². The van der Waals surface area contributed by atoms with Gasteiger partial charge in [0.1, 0.15) is 0 Å². The Morgan fingerprint density at radius 2 is 1.82 bits per heavy atom. The Morgan fingerprint density at radius 3 is 2.47 bits per heavy atom. The number of rotatable bonds is 3. The molecule has 0 aromatic heterocycles. The van der Waals surface area contributed by atoms with Gasteiger partial charge in [-0.1, -0.05) is 28.1 Å². The maximum absolute atomic E-state index is 5.79. The molecule has 88 valence electrons. The van der Waals surface area contributed by atoms with Gasteiger partial charge in [0, 0.05) is 20.3 Å². The average Bonchev–Trinajstić information content (AvgIpc) is 2.32. The predicted octanol–water partition coefficient (Wildman–Crippen LogP) is 4.88. The molecule has 1 nitrogen and oxygen atoms in total. The van der Waals surface area contributed by atoms with Crippen molar-refractivity contribution in [2.75, 3.05) is 5.73 Å². The van der Waals surface area contributed by atoms with E-state index in [0.717, 1.165) is 10.2 Å². The molecule has 2 N–H and O–H groups in total. The molecule has 2 aromatic rings. The number of thioether (sulfide) groups is 1. The third-order valence-electron chi connectivity index (χ3n) is 2.51. The lowest BCUT2D eigenvalue weighted by molar-refractivity contribution is 1.10.